The van der Waals surface area contributed by atoms with Crippen molar-refractivity contribution in [2.75, 3.05) is 18.2 Å². The number of hydrogen-bond acceptors (Lipinski definition) is 6. The number of aromatic nitrogens is 1. The van der Waals surface area contributed by atoms with E-state index in [0.29, 0.717) is 16.4 Å². The maximum Gasteiger partial charge on any atom is 0.349 e. The minimum Gasteiger partial charge on any atom is -0.465 e. The van der Waals surface area contributed by atoms with Gasteiger partial charge in [-0.15, -0.1) is 11.8 Å². The van der Waals surface area contributed by atoms with Crippen molar-refractivity contribution in [3.63, 3.8) is 0 Å². The first kappa shape index (κ1) is 16.5. The molecule has 116 valence electrons. The molecule has 22 heavy (non-hydrogen) atoms. The molecule has 0 aliphatic heterocycles. The van der Waals surface area contributed by atoms with Crippen LogP contribution >= 0.6 is 23.1 Å². The molecule has 1 N–H and O–H groups in total. The average Bonchev–Trinajstić information content (AvgIpc) is 3.00. The number of esters is 1. The van der Waals surface area contributed by atoms with E-state index in [-0.39, 0.29) is 5.91 Å². The summed E-state index contributed by atoms with van der Waals surface area (Å²) < 4.78 is 4.59. The molecule has 1 heterocycles. The van der Waals surface area contributed by atoms with Crippen molar-refractivity contribution in [3.8, 4) is 0 Å². The van der Waals surface area contributed by atoms with E-state index in [1.165, 1.54) is 18.2 Å². The standard InChI is InChI=1S/C15H16N2O3S2/c1-20-14(19)12-10-16-15(22-12)17-13(18)8-5-9-21-11-6-3-2-4-7-11/h2-4,6-7,10H,5,8-9H2,1H3,(H,16,17,18). The molecular formula is C15H16N2O3S2. The van der Waals surface area contributed by atoms with Crippen molar-refractivity contribution in [2.24, 2.45) is 0 Å². The molecule has 7 heteroatoms. The molecule has 0 unspecified atom stereocenters. The molecule has 5 nitrogen and oxygen atoms in total. The van der Waals surface area contributed by atoms with Gasteiger partial charge in [-0.25, -0.2) is 9.78 Å². The Morgan fingerprint density at radius 3 is 2.82 bits per heavy atom. The van der Waals surface area contributed by atoms with Gasteiger partial charge in [-0.3, -0.25) is 4.79 Å². The minimum atomic E-state index is -0.447. The van der Waals surface area contributed by atoms with Crippen LogP contribution in [0.5, 0.6) is 0 Å². The number of carbonyl (C=O) groups is 2. The lowest BCUT2D eigenvalue weighted by Crippen LogP contribution is -2.11. The van der Waals surface area contributed by atoms with Gasteiger partial charge in [-0.1, -0.05) is 29.5 Å². The smallest absolute Gasteiger partial charge is 0.349 e. The number of nitrogens with one attached hydrogen (secondary N) is 1. The topological polar surface area (TPSA) is 68.3 Å². The number of methoxy groups -OCH3 is 1. The fourth-order valence-electron chi connectivity index (χ4n) is 1.65. The van der Waals surface area contributed by atoms with Gasteiger partial charge in [0.1, 0.15) is 4.88 Å². The Bertz CT molecular complexity index is 629. The number of amides is 1. The molecular weight excluding hydrogens is 320 g/mol. The Morgan fingerprint density at radius 1 is 1.32 bits per heavy atom. The fraction of sp³-hybridized carbons (Fsp3) is 0.267. The molecule has 0 aliphatic rings. The Labute approximate surface area is 137 Å². The predicted molar refractivity (Wildman–Crippen MR) is 88.5 cm³/mol. The highest BCUT2D eigenvalue weighted by atomic mass is 32.2. The Kier molecular flexibility index (Phi) is 6.42. The van der Waals surface area contributed by atoms with Gasteiger partial charge in [-0.05, 0) is 24.3 Å². The highest BCUT2D eigenvalue weighted by Crippen LogP contribution is 2.20. The Balaban J connectivity index is 1.69. The maximum absolute atomic E-state index is 11.8. The molecule has 1 aromatic carbocycles. The number of benzene rings is 1. The summed E-state index contributed by atoms with van der Waals surface area (Å²) in [6, 6.07) is 10.1. The van der Waals surface area contributed by atoms with Crippen molar-refractivity contribution >= 4 is 40.1 Å². The van der Waals surface area contributed by atoms with Gasteiger partial charge in [0.25, 0.3) is 0 Å². The van der Waals surface area contributed by atoms with Crippen LogP contribution in [-0.2, 0) is 9.53 Å². The summed E-state index contributed by atoms with van der Waals surface area (Å²) in [7, 11) is 1.31. The molecule has 0 aliphatic carbocycles. The quantitative estimate of drug-likeness (QED) is 0.476. The summed E-state index contributed by atoms with van der Waals surface area (Å²) >= 11 is 2.83. The van der Waals surface area contributed by atoms with Gasteiger partial charge in [-0.2, -0.15) is 0 Å². The molecule has 0 saturated carbocycles. The van der Waals surface area contributed by atoms with E-state index >= 15 is 0 Å². The normalized spacial score (nSPS) is 10.2. The Hall–Kier alpha value is -1.86. The lowest BCUT2D eigenvalue weighted by atomic mass is 10.3. The second-order valence-electron chi connectivity index (χ2n) is 4.33. The van der Waals surface area contributed by atoms with Crippen molar-refractivity contribution in [1.29, 1.82) is 0 Å². The molecule has 0 spiro atoms. The molecule has 0 fully saturated rings. The van der Waals surface area contributed by atoms with E-state index in [4.69, 9.17) is 0 Å². The largest absolute Gasteiger partial charge is 0.465 e. The average molecular weight is 336 g/mol. The van der Waals surface area contributed by atoms with Crippen LogP contribution in [0.25, 0.3) is 0 Å². The van der Waals surface area contributed by atoms with Gasteiger partial charge in [0.05, 0.1) is 13.3 Å². The highest BCUT2D eigenvalue weighted by molar-refractivity contribution is 7.99. The van der Waals surface area contributed by atoms with Crippen molar-refractivity contribution in [2.45, 2.75) is 17.7 Å². The van der Waals surface area contributed by atoms with E-state index < -0.39 is 5.97 Å². The molecule has 2 rings (SSSR count). The second-order valence-corrected chi connectivity index (χ2v) is 6.53. The first-order valence-electron chi connectivity index (χ1n) is 6.71. The third-order valence-electron chi connectivity index (χ3n) is 2.70. The summed E-state index contributed by atoms with van der Waals surface area (Å²) in [6.07, 6.45) is 2.60. The number of ether oxygens (including phenoxy) is 1. The van der Waals surface area contributed by atoms with Crippen molar-refractivity contribution < 1.29 is 14.3 Å². The minimum absolute atomic E-state index is 0.0978. The highest BCUT2D eigenvalue weighted by Gasteiger charge is 2.12. The number of thiazole rings is 1. The van der Waals surface area contributed by atoms with Crippen LogP contribution in [0.2, 0.25) is 0 Å². The molecule has 1 aromatic heterocycles. The van der Waals surface area contributed by atoms with Crippen LogP contribution in [0, 0.1) is 0 Å². The molecule has 1 amide bonds. The van der Waals surface area contributed by atoms with E-state index in [0.717, 1.165) is 23.5 Å². The summed E-state index contributed by atoms with van der Waals surface area (Å²) in [5, 5.41) is 3.11. The van der Waals surface area contributed by atoms with Crippen molar-refractivity contribution in [3.05, 3.63) is 41.4 Å². The third-order valence-corrected chi connectivity index (χ3v) is 4.69. The number of thioether (sulfide) groups is 1. The van der Waals surface area contributed by atoms with Gasteiger partial charge in [0, 0.05) is 11.3 Å². The molecule has 0 bridgehead atoms. The number of rotatable bonds is 7. The van der Waals surface area contributed by atoms with Gasteiger partial charge in [0.15, 0.2) is 5.13 Å². The summed E-state index contributed by atoms with van der Waals surface area (Å²) in [6.45, 7) is 0. The molecule has 0 radical (unpaired) electrons. The second kappa shape index (κ2) is 8.55. The van der Waals surface area contributed by atoms with Crippen LogP contribution in [0.3, 0.4) is 0 Å². The van der Waals surface area contributed by atoms with Gasteiger partial charge in [0.2, 0.25) is 5.91 Å². The zero-order chi connectivity index (χ0) is 15.8. The van der Waals surface area contributed by atoms with Gasteiger partial charge >= 0.3 is 5.97 Å². The number of nitrogens with zero attached hydrogens (tertiary/aromatic N) is 1. The third kappa shape index (κ3) is 5.16. The number of carbonyl (C=O) groups excluding carboxylic acids is 2. The molecule has 2 aromatic rings. The fourth-order valence-corrected chi connectivity index (χ4v) is 3.27. The lowest BCUT2D eigenvalue weighted by Gasteiger charge is -2.02. The van der Waals surface area contributed by atoms with Crippen molar-refractivity contribution in [1.82, 2.24) is 4.98 Å². The zero-order valence-electron chi connectivity index (χ0n) is 12.1. The summed E-state index contributed by atoms with van der Waals surface area (Å²) in [4.78, 5) is 28.6. The SMILES string of the molecule is COC(=O)c1cnc(NC(=O)CCCSc2ccccc2)s1. The Morgan fingerprint density at radius 2 is 2.09 bits per heavy atom. The first-order valence-corrected chi connectivity index (χ1v) is 8.51. The van der Waals surface area contributed by atoms with Crippen LogP contribution in [0.4, 0.5) is 5.13 Å². The molecule has 0 saturated heterocycles. The summed E-state index contributed by atoms with van der Waals surface area (Å²) in [5.41, 5.74) is 0. The number of hydrogen-bond donors (Lipinski definition) is 1. The van der Waals surface area contributed by atoms with Gasteiger partial charge < -0.3 is 10.1 Å². The van der Waals surface area contributed by atoms with Crippen LogP contribution in [0.1, 0.15) is 22.5 Å². The lowest BCUT2D eigenvalue weighted by molar-refractivity contribution is -0.116. The van der Waals surface area contributed by atoms with E-state index in [2.05, 4.69) is 27.2 Å². The molecule has 0 atom stereocenters. The zero-order valence-corrected chi connectivity index (χ0v) is 13.7. The van der Waals surface area contributed by atoms with Crippen LogP contribution in [-0.4, -0.2) is 29.7 Å². The van der Waals surface area contributed by atoms with Crippen LogP contribution in [0.15, 0.2) is 41.4 Å². The van der Waals surface area contributed by atoms with E-state index in [1.54, 1.807) is 11.8 Å². The van der Waals surface area contributed by atoms with E-state index in [9.17, 15) is 9.59 Å². The maximum atomic E-state index is 11.8. The first-order chi connectivity index (χ1) is 10.7. The predicted octanol–water partition coefficient (Wildman–Crippen LogP) is 3.44. The van der Waals surface area contributed by atoms with Crippen LogP contribution < -0.4 is 5.32 Å². The summed E-state index contributed by atoms with van der Waals surface area (Å²) in [5.74, 6) is 0.333. The number of anilines is 1. The monoisotopic (exact) mass is 336 g/mol. The van der Waals surface area contributed by atoms with E-state index in [1.807, 2.05) is 18.2 Å².